The second-order valence-corrected chi connectivity index (χ2v) is 7.12. The van der Waals surface area contributed by atoms with Crippen molar-refractivity contribution in [3.05, 3.63) is 36.2 Å². The van der Waals surface area contributed by atoms with Gasteiger partial charge in [-0.3, -0.25) is 14.8 Å². The fourth-order valence-electron chi connectivity index (χ4n) is 3.21. The number of amides is 1. The summed E-state index contributed by atoms with van der Waals surface area (Å²) in [6, 6.07) is 7.86. The molecule has 0 aliphatic heterocycles. The number of fused-ring (bicyclic) bond motifs is 1. The predicted octanol–water partition coefficient (Wildman–Crippen LogP) is 2.74. The van der Waals surface area contributed by atoms with Gasteiger partial charge in [-0.15, -0.1) is 0 Å². The van der Waals surface area contributed by atoms with Gasteiger partial charge in [0.2, 0.25) is 5.91 Å². The van der Waals surface area contributed by atoms with Crippen molar-refractivity contribution in [2.75, 3.05) is 20.6 Å². The Morgan fingerprint density at radius 2 is 2.08 bits per heavy atom. The molecule has 6 nitrogen and oxygen atoms in total. The van der Waals surface area contributed by atoms with E-state index in [1.54, 1.807) is 24.5 Å². The lowest BCUT2D eigenvalue weighted by Gasteiger charge is -2.27. The fourth-order valence-corrected chi connectivity index (χ4v) is 3.21. The number of aromatic nitrogens is 2. The van der Waals surface area contributed by atoms with Crippen molar-refractivity contribution in [2.24, 2.45) is 5.92 Å². The Hall–Kier alpha value is -2.52. The minimum Gasteiger partial charge on any atom is -0.352 e. The fraction of sp³-hybridized carbons (Fsp3) is 0.500. The molecule has 1 N–H and O–H groups in total. The van der Waals surface area contributed by atoms with Crippen LogP contribution >= 0.6 is 0 Å². The Balaban J connectivity index is 0.000000189. The molecule has 26 heavy (non-hydrogen) atoms. The van der Waals surface area contributed by atoms with Gasteiger partial charge in [-0.05, 0) is 45.0 Å². The van der Waals surface area contributed by atoms with E-state index in [1.807, 2.05) is 25.1 Å². The first kappa shape index (κ1) is 19.8. The van der Waals surface area contributed by atoms with Crippen molar-refractivity contribution in [1.29, 1.82) is 5.26 Å². The maximum atomic E-state index is 11.5. The smallest absolute Gasteiger partial charge is 0.234 e. The lowest BCUT2D eigenvalue weighted by atomic mass is 9.87. The number of carbonyl (C=O) groups is 1. The molecule has 1 amide bonds. The van der Waals surface area contributed by atoms with Gasteiger partial charge in [0.1, 0.15) is 11.6 Å². The summed E-state index contributed by atoms with van der Waals surface area (Å²) < 4.78 is 0. The van der Waals surface area contributed by atoms with Crippen molar-refractivity contribution in [3.8, 4) is 6.07 Å². The van der Waals surface area contributed by atoms with E-state index in [9.17, 15) is 4.79 Å². The molecule has 138 valence electrons. The predicted molar refractivity (Wildman–Crippen MR) is 102 cm³/mol. The third-order valence-corrected chi connectivity index (χ3v) is 4.38. The third-order valence-electron chi connectivity index (χ3n) is 4.38. The molecule has 0 spiro atoms. The molecule has 1 aliphatic carbocycles. The van der Waals surface area contributed by atoms with Crippen LogP contribution in [0.2, 0.25) is 0 Å². The first-order valence-electron chi connectivity index (χ1n) is 9.03. The first-order chi connectivity index (χ1) is 12.5. The van der Waals surface area contributed by atoms with Crippen LogP contribution in [0.4, 0.5) is 0 Å². The highest BCUT2D eigenvalue weighted by atomic mass is 16.2. The van der Waals surface area contributed by atoms with E-state index >= 15 is 0 Å². The lowest BCUT2D eigenvalue weighted by Crippen LogP contribution is -2.42. The molecule has 0 bridgehead atoms. The number of hydrogen-bond acceptors (Lipinski definition) is 5. The molecule has 1 fully saturated rings. The Kier molecular flexibility index (Phi) is 7.49. The van der Waals surface area contributed by atoms with E-state index in [-0.39, 0.29) is 5.91 Å². The Morgan fingerprint density at radius 3 is 2.77 bits per heavy atom. The molecule has 2 unspecified atom stereocenters. The Labute approximate surface area is 155 Å². The normalized spacial score (nSPS) is 19.3. The molecule has 1 aliphatic rings. The molecular weight excluding hydrogens is 326 g/mol. The van der Waals surface area contributed by atoms with Gasteiger partial charge in [0.15, 0.2) is 0 Å². The van der Waals surface area contributed by atoms with Crippen molar-refractivity contribution >= 4 is 16.9 Å². The third kappa shape index (κ3) is 6.08. The molecule has 0 radical (unpaired) electrons. The average molecular weight is 353 g/mol. The summed E-state index contributed by atoms with van der Waals surface area (Å²) >= 11 is 0. The zero-order valence-electron chi connectivity index (χ0n) is 15.8. The van der Waals surface area contributed by atoms with Gasteiger partial charge < -0.3 is 10.2 Å². The number of para-hydroxylation sites is 1. The number of hydrogen-bond donors (Lipinski definition) is 1. The van der Waals surface area contributed by atoms with Crippen LogP contribution in [0.5, 0.6) is 0 Å². The number of nitrogens with one attached hydrogen (secondary N) is 1. The number of nitrogens with zero attached hydrogens (tertiary/aromatic N) is 4. The van der Waals surface area contributed by atoms with Gasteiger partial charge in [-0.2, -0.15) is 5.26 Å². The van der Waals surface area contributed by atoms with Gasteiger partial charge in [0.25, 0.3) is 0 Å². The van der Waals surface area contributed by atoms with Crippen molar-refractivity contribution in [3.63, 3.8) is 0 Å². The largest absolute Gasteiger partial charge is 0.352 e. The maximum absolute atomic E-state index is 11.5. The van der Waals surface area contributed by atoms with Gasteiger partial charge in [0.05, 0.1) is 17.6 Å². The number of benzene rings is 1. The lowest BCUT2D eigenvalue weighted by molar-refractivity contribution is -0.122. The van der Waals surface area contributed by atoms with Crippen molar-refractivity contribution in [2.45, 2.75) is 38.6 Å². The van der Waals surface area contributed by atoms with Gasteiger partial charge in [0, 0.05) is 18.4 Å². The maximum Gasteiger partial charge on any atom is 0.234 e. The summed E-state index contributed by atoms with van der Waals surface area (Å²) in [5.41, 5.74) is 2.00. The number of likely N-dealkylation sites (N-methyl/N-ethyl adjacent to an activating group) is 1. The van der Waals surface area contributed by atoms with E-state index in [0.717, 1.165) is 24.3 Å². The SMILES string of the molecule is CC1CCCC(NC(=O)CN(C)C)C1.N#Cc1cccc2nccnc12. The summed E-state index contributed by atoms with van der Waals surface area (Å²) in [7, 11) is 3.84. The Morgan fingerprint density at radius 1 is 1.31 bits per heavy atom. The van der Waals surface area contributed by atoms with Crippen LogP contribution in [0, 0.1) is 17.2 Å². The highest BCUT2D eigenvalue weighted by molar-refractivity contribution is 5.80. The van der Waals surface area contributed by atoms with Gasteiger partial charge in [-0.25, -0.2) is 0 Å². The van der Waals surface area contributed by atoms with E-state index < -0.39 is 0 Å². The molecule has 0 saturated heterocycles. The molecule has 6 heteroatoms. The summed E-state index contributed by atoms with van der Waals surface area (Å²) in [6.07, 6.45) is 8.09. The summed E-state index contributed by atoms with van der Waals surface area (Å²) in [5, 5.41) is 11.8. The number of rotatable bonds is 3. The summed E-state index contributed by atoms with van der Waals surface area (Å²) in [4.78, 5) is 21.5. The van der Waals surface area contributed by atoms with Crippen LogP contribution in [0.1, 0.15) is 38.2 Å². The van der Waals surface area contributed by atoms with Gasteiger partial charge in [-0.1, -0.05) is 25.8 Å². The highest BCUT2D eigenvalue weighted by Gasteiger charge is 2.20. The molecule has 2 atom stereocenters. The van der Waals surface area contributed by atoms with E-state index in [0.29, 0.717) is 23.7 Å². The molecule has 1 heterocycles. The highest BCUT2D eigenvalue weighted by Crippen LogP contribution is 2.23. The molecular formula is C20H27N5O. The zero-order chi connectivity index (χ0) is 18.9. The van der Waals surface area contributed by atoms with Crippen molar-refractivity contribution < 1.29 is 4.79 Å². The molecule has 1 aromatic heterocycles. The first-order valence-corrected chi connectivity index (χ1v) is 9.03. The van der Waals surface area contributed by atoms with Crippen molar-refractivity contribution in [1.82, 2.24) is 20.2 Å². The van der Waals surface area contributed by atoms with E-state index in [1.165, 1.54) is 12.8 Å². The van der Waals surface area contributed by atoms with Crippen LogP contribution in [0.25, 0.3) is 11.0 Å². The second-order valence-electron chi connectivity index (χ2n) is 7.12. The average Bonchev–Trinajstić information content (AvgIpc) is 2.61. The molecule has 3 rings (SSSR count). The standard InChI is InChI=1S/C11H22N2O.C9H5N3/c1-9-5-4-6-10(7-9)12-11(14)8-13(2)3;10-6-7-2-1-3-8-9(7)12-5-4-11-8/h9-10H,4-8H2,1-3H3,(H,12,14);1-5H. The van der Waals surface area contributed by atoms with Gasteiger partial charge >= 0.3 is 0 Å². The zero-order valence-corrected chi connectivity index (χ0v) is 15.8. The van der Waals surface area contributed by atoms with Crippen LogP contribution in [-0.2, 0) is 4.79 Å². The molecule has 2 aromatic rings. The minimum absolute atomic E-state index is 0.161. The van der Waals surface area contributed by atoms with E-state index in [2.05, 4.69) is 28.3 Å². The van der Waals surface area contributed by atoms with Crippen LogP contribution in [-0.4, -0.2) is 47.5 Å². The van der Waals surface area contributed by atoms with Crippen LogP contribution < -0.4 is 5.32 Å². The summed E-state index contributed by atoms with van der Waals surface area (Å²) in [5.74, 6) is 0.933. The van der Waals surface area contributed by atoms with E-state index in [4.69, 9.17) is 5.26 Å². The minimum atomic E-state index is 0.161. The number of carbonyl (C=O) groups excluding carboxylic acids is 1. The summed E-state index contributed by atoms with van der Waals surface area (Å²) in [6.45, 7) is 2.77. The van der Waals surface area contributed by atoms with Crippen LogP contribution in [0.15, 0.2) is 30.6 Å². The topological polar surface area (TPSA) is 81.9 Å². The monoisotopic (exact) mass is 353 g/mol. The quantitative estimate of drug-likeness (QED) is 0.917. The second kappa shape index (κ2) is 9.83. The van der Waals surface area contributed by atoms with Crippen LogP contribution in [0.3, 0.4) is 0 Å². The molecule has 1 aromatic carbocycles. The Bertz CT molecular complexity index is 763. The number of nitriles is 1. The molecule has 1 saturated carbocycles.